The quantitative estimate of drug-likeness (QED) is 0.733. The molecule has 4 heteroatoms. The molecule has 5 rings (SSSR count). The number of rotatable bonds is 6. The Bertz CT molecular complexity index is 705. The average molecular weight is 369 g/mol. The van der Waals surface area contributed by atoms with E-state index in [-0.39, 0.29) is 17.2 Å². The Labute approximate surface area is 162 Å². The molecule has 146 valence electrons. The van der Waals surface area contributed by atoms with Gasteiger partial charge in [0.1, 0.15) is 0 Å². The fourth-order valence-corrected chi connectivity index (χ4v) is 6.19. The van der Waals surface area contributed by atoms with Gasteiger partial charge in [-0.1, -0.05) is 17.7 Å². The van der Waals surface area contributed by atoms with Gasteiger partial charge in [-0.05, 0) is 88.2 Å². The highest BCUT2D eigenvalue weighted by Crippen LogP contribution is 2.60. The maximum atomic E-state index is 12.9. The van der Waals surface area contributed by atoms with Gasteiger partial charge in [0, 0.05) is 24.1 Å². The lowest BCUT2D eigenvalue weighted by Crippen LogP contribution is -2.53. The molecular weight excluding hydrogens is 336 g/mol. The highest BCUT2D eigenvalue weighted by Gasteiger charge is 2.54. The van der Waals surface area contributed by atoms with Crippen LogP contribution in [0, 0.1) is 37.0 Å². The molecule has 27 heavy (non-hydrogen) atoms. The van der Waals surface area contributed by atoms with Crippen molar-refractivity contribution >= 4 is 17.5 Å². The minimum atomic E-state index is -0.0873. The van der Waals surface area contributed by atoms with Crippen LogP contribution in [0.4, 0.5) is 5.69 Å². The van der Waals surface area contributed by atoms with E-state index in [1.807, 2.05) is 26.0 Å². The van der Waals surface area contributed by atoms with E-state index >= 15 is 0 Å². The second kappa shape index (κ2) is 7.29. The van der Waals surface area contributed by atoms with Gasteiger partial charge in [0.25, 0.3) is 0 Å². The Morgan fingerprint density at radius 3 is 2.26 bits per heavy atom. The number of carbonyl (C=O) groups excluding carboxylic acids is 2. The van der Waals surface area contributed by atoms with Gasteiger partial charge in [0.05, 0.1) is 0 Å². The molecule has 0 unspecified atom stereocenters. The van der Waals surface area contributed by atoms with Gasteiger partial charge in [0.15, 0.2) is 0 Å². The van der Waals surface area contributed by atoms with E-state index in [2.05, 4.69) is 16.7 Å². The zero-order chi connectivity index (χ0) is 19.0. The highest BCUT2D eigenvalue weighted by atomic mass is 16.2. The van der Waals surface area contributed by atoms with Gasteiger partial charge in [-0.3, -0.25) is 9.59 Å². The lowest BCUT2D eigenvalue weighted by Gasteiger charge is -2.55. The Morgan fingerprint density at radius 1 is 1.04 bits per heavy atom. The number of hydrogen-bond acceptors (Lipinski definition) is 2. The Morgan fingerprint density at radius 2 is 1.67 bits per heavy atom. The van der Waals surface area contributed by atoms with Gasteiger partial charge < -0.3 is 10.6 Å². The number of hydrogen-bond donors (Lipinski definition) is 2. The van der Waals surface area contributed by atoms with Crippen LogP contribution in [0.25, 0.3) is 0 Å². The molecule has 0 atom stereocenters. The molecule has 0 radical (unpaired) electrons. The van der Waals surface area contributed by atoms with Gasteiger partial charge in [-0.2, -0.15) is 0 Å². The van der Waals surface area contributed by atoms with Crippen molar-refractivity contribution in [2.24, 2.45) is 23.2 Å². The molecule has 1 aromatic rings. The zero-order valence-electron chi connectivity index (χ0n) is 16.6. The molecule has 0 spiro atoms. The maximum Gasteiger partial charge on any atom is 0.226 e. The molecule has 2 amide bonds. The highest BCUT2D eigenvalue weighted by molar-refractivity contribution is 5.91. The topological polar surface area (TPSA) is 58.2 Å². The monoisotopic (exact) mass is 368 g/mol. The van der Waals surface area contributed by atoms with Crippen molar-refractivity contribution in [3.05, 3.63) is 29.3 Å². The van der Waals surface area contributed by atoms with Crippen LogP contribution in [0.15, 0.2) is 18.2 Å². The summed E-state index contributed by atoms with van der Waals surface area (Å²) in [6.45, 7) is 4.65. The number of benzene rings is 1. The summed E-state index contributed by atoms with van der Waals surface area (Å²) in [4.78, 5) is 25.1. The molecule has 0 saturated heterocycles. The van der Waals surface area contributed by atoms with Crippen LogP contribution < -0.4 is 10.6 Å². The molecule has 4 saturated carbocycles. The van der Waals surface area contributed by atoms with Crippen molar-refractivity contribution in [2.75, 3.05) is 11.9 Å². The summed E-state index contributed by atoms with van der Waals surface area (Å²) in [5.41, 5.74) is 3.07. The third-order valence-electron chi connectivity index (χ3n) is 7.04. The van der Waals surface area contributed by atoms with Gasteiger partial charge in [-0.25, -0.2) is 0 Å². The molecule has 4 aliphatic rings. The molecule has 2 N–H and O–H groups in total. The Hall–Kier alpha value is -1.84. The van der Waals surface area contributed by atoms with E-state index in [0.717, 1.165) is 48.3 Å². The first-order chi connectivity index (χ1) is 12.9. The first-order valence-corrected chi connectivity index (χ1v) is 10.6. The summed E-state index contributed by atoms with van der Waals surface area (Å²) in [6, 6.07) is 6.03. The SMILES string of the molecule is Cc1ccc(NC(=O)CCCNC(=O)C23CC4CC(CC(C4)C2)C3)c(C)c1. The Balaban J connectivity index is 1.22. The molecule has 4 fully saturated rings. The second-order valence-corrected chi connectivity index (χ2v) is 9.42. The van der Waals surface area contributed by atoms with E-state index in [9.17, 15) is 9.59 Å². The predicted molar refractivity (Wildman–Crippen MR) is 107 cm³/mol. The Kier molecular flexibility index (Phi) is 5.00. The van der Waals surface area contributed by atoms with Crippen LogP contribution in [0.2, 0.25) is 0 Å². The van der Waals surface area contributed by atoms with Gasteiger partial charge >= 0.3 is 0 Å². The van der Waals surface area contributed by atoms with E-state index in [0.29, 0.717) is 19.4 Å². The van der Waals surface area contributed by atoms with E-state index in [1.165, 1.54) is 24.8 Å². The molecule has 4 bridgehead atoms. The standard InChI is InChI=1S/C23H32N2O2/c1-15-5-6-20(16(2)8-15)25-21(26)4-3-7-24-22(27)23-12-17-9-18(13-23)11-19(10-17)14-23/h5-6,8,17-19H,3-4,7,9-14H2,1-2H3,(H,24,27)(H,25,26). The van der Waals surface area contributed by atoms with Crippen molar-refractivity contribution in [1.29, 1.82) is 0 Å². The van der Waals surface area contributed by atoms with Crippen molar-refractivity contribution in [1.82, 2.24) is 5.32 Å². The fourth-order valence-electron chi connectivity index (χ4n) is 6.19. The van der Waals surface area contributed by atoms with Crippen molar-refractivity contribution in [3.8, 4) is 0 Å². The summed E-state index contributed by atoms with van der Waals surface area (Å²) in [5, 5.41) is 6.14. The summed E-state index contributed by atoms with van der Waals surface area (Å²) in [5.74, 6) is 2.63. The summed E-state index contributed by atoms with van der Waals surface area (Å²) >= 11 is 0. The van der Waals surface area contributed by atoms with Crippen LogP contribution >= 0.6 is 0 Å². The number of carbonyl (C=O) groups is 2. The predicted octanol–water partition coefficient (Wildman–Crippen LogP) is 4.35. The molecule has 4 aliphatic carbocycles. The van der Waals surface area contributed by atoms with E-state index in [4.69, 9.17) is 0 Å². The number of aryl methyl sites for hydroxylation is 2. The number of anilines is 1. The lowest BCUT2D eigenvalue weighted by molar-refractivity contribution is -0.146. The minimum Gasteiger partial charge on any atom is -0.356 e. The van der Waals surface area contributed by atoms with Crippen molar-refractivity contribution in [2.45, 2.75) is 65.2 Å². The second-order valence-electron chi connectivity index (χ2n) is 9.42. The number of amides is 2. The third-order valence-corrected chi connectivity index (χ3v) is 7.04. The van der Waals surface area contributed by atoms with Crippen molar-refractivity contribution < 1.29 is 9.59 Å². The minimum absolute atomic E-state index is 0.0195. The van der Waals surface area contributed by atoms with E-state index in [1.54, 1.807) is 0 Å². The molecule has 0 aromatic heterocycles. The zero-order valence-corrected chi connectivity index (χ0v) is 16.6. The van der Waals surface area contributed by atoms with Crippen molar-refractivity contribution in [3.63, 3.8) is 0 Å². The summed E-state index contributed by atoms with van der Waals surface area (Å²) in [6.07, 6.45) is 8.47. The molecule has 0 heterocycles. The molecular formula is C23H32N2O2. The lowest BCUT2D eigenvalue weighted by atomic mass is 9.49. The largest absolute Gasteiger partial charge is 0.356 e. The summed E-state index contributed by atoms with van der Waals surface area (Å²) in [7, 11) is 0. The van der Waals surface area contributed by atoms with Gasteiger partial charge in [0.2, 0.25) is 11.8 Å². The molecule has 0 aliphatic heterocycles. The van der Waals surface area contributed by atoms with Crippen LogP contribution in [-0.4, -0.2) is 18.4 Å². The van der Waals surface area contributed by atoms with E-state index < -0.39 is 0 Å². The molecule has 4 nitrogen and oxygen atoms in total. The molecule has 1 aromatic carbocycles. The average Bonchev–Trinajstić information content (AvgIpc) is 2.60. The first-order valence-electron chi connectivity index (χ1n) is 10.6. The normalized spacial score (nSPS) is 31.0. The van der Waals surface area contributed by atoms with Crippen LogP contribution in [0.5, 0.6) is 0 Å². The maximum absolute atomic E-state index is 12.9. The first kappa shape index (κ1) is 18.5. The van der Waals surface area contributed by atoms with Crippen LogP contribution in [0.1, 0.15) is 62.5 Å². The van der Waals surface area contributed by atoms with Gasteiger partial charge in [-0.15, -0.1) is 0 Å². The van der Waals surface area contributed by atoms with Crippen LogP contribution in [0.3, 0.4) is 0 Å². The van der Waals surface area contributed by atoms with Crippen LogP contribution in [-0.2, 0) is 9.59 Å². The third kappa shape index (κ3) is 3.90. The smallest absolute Gasteiger partial charge is 0.226 e. The number of nitrogens with one attached hydrogen (secondary N) is 2. The fraction of sp³-hybridized carbons (Fsp3) is 0.652. The summed E-state index contributed by atoms with van der Waals surface area (Å²) < 4.78 is 0.